The van der Waals surface area contributed by atoms with Crippen LogP contribution in [0, 0.1) is 11.7 Å². The minimum absolute atomic E-state index is 0.211. The van der Waals surface area contributed by atoms with Crippen molar-refractivity contribution in [1.82, 2.24) is 5.32 Å². The van der Waals surface area contributed by atoms with Gasteiger partial charge in [0.05, 0.1) is 6.04 Å². The smallest absolute Gasteiger partial charge is 0.238 e. The Labute approximate surface area is 188 Å². The lowest BCUT2D eigenvalue weighted by molar-refractivity contribution is -0.135. The number of nitrogens with one attached hydrogen (secondary N) is 2. The van der Waals surface area contributed by atoms with Crippen molar-refractivity contribution in [2.75, 3.05) is 5.32 Å². The van der Waals surface area contributed by atoms with Crippen LogP contribution in [0.1, 0.15) is 35.6 Å². The number of carbonyl (C=O) groups is 2. The summed E-state index contributed by atoms with van der Waals surface area (Å²) in [5, 5.41) is 6.09. The lowest BCUT2D eigenvalue weighted by Gasteiger charge is -2.49. The largest absolute Gasteiger partial charge is 0.348 e. The van der Waals surface area contributed by atoms with Crippen molar-refractivity contribution < 1.29 is 14.0 Å². The van der Waals surface area contributed by atoms with E-state index in [1.165, 1.54) is 6.07 Å². The normalized spacial score (nSPS) is 27.0. The first-order valence-corrected chi connectivity index (χ1v) is 11.0. The summed E-state index contributed by atoms with van der Waals surface area (Å²) < 4.78 is 15.9. The minimum Gasteiger partial charge on any atom is -0.348 e. The van der Waals surface area contributed by atoms with Crippen LogP contribution in [-0.4, -0.2) is 11.8 Å². The van der Waals surface area contributed by atoms with Crippen LogP contribution >= 0.6 is 15.9 Å². The Bertz CT molecular complexity index is 1180. The van der Waals surface area contributed by atoms with Crippen LogP contribution in [0.25, 0.3) is 0 Å². The zero-order chi connectivity index (χ0) is 21.8. The van der Waals surface area contributed by atoms with Gasteiger partial charge in [0.15, 0.2) is 0 Å². The summed E-state index contributed by atoms with van der Waals surface area (Å²) in [7, 11) is 0. The average Bonchev–Trinajstić information content (AvgIpc) is 3.06. The number of piperidine rings is 1. The van der Waals surface area contributed by atoms with Crippen LogP contribution in [0.5, 0.6) is 0 Å². The summed E-state index contributed by atoms with van der Waals surface area (Å²) in [5.74, 6) is -2.24. The number of fused-ring (bicyclic) bond motifs is 2. The third-order valence-corrected chi connectivity index (χ3v) is 7.28. The van der Waals surface area contributed by atoms with Crippen molar-refractivity contribution in [3.05, 3.63) is 99.8 Å². The minimum atomic E-state index is -1.21. The number of benzene rings is 3. The molecule has 0 unspecified atom stereocenters. The van der Waals surface area contributed by atoms with Crippen molar-refractivity contribution >= 4 is 33.4 Å². The third-order valence-electron chi connectivity index (χ3n) is 6.59. The number of para-hydroxylation sites is 1. The zero-order valence-electron chi connectivity index (χ0n) is 16.7. The quantitative estimate of drug-likeness (QED) is 0.540. The standard InChI is InChI=1S/C25H20BrFN2O2/c1-14-21(20-17(26)11-7-12-18(20)27)25(16-10-5-6-13-19(16)28-24(25)31)22(29-23(14)30)15-8-3-2-4-9-15/h2-14,21-22H,1H3,(H,28,31)(H,29,30)/t14-,21-,22+,25+/m0/s1. The average molecular weight is 479 g/mol. The van der Waals surface area contributed by atoms with E-state index < -0.39 is 29.1 Å². The molecule has 6 heteroatoms. The highest BCUT2D eigenvalue weighted by Crippen LogP contribution is 2.59. The van der Waals surface area contributed by atoms with Crippen LogP contribution in [-0.2, 0) is 15.0 Å². The Hall–Kier alpha value is -2.99. The molecule has 31 heavy (non-hydrogen) atoms. The highest BCUT2D eigenvalue weighted by Gasteiger charge is 2.63. The van der Waals surface area contributed by atoms with Gasteiger partial charge in [0.1, 0.15) is 11.2 Å². The molecule has 4 nitrogen and oxygen atoms in total. The van der Waals surface area contributed by atoms with Gasteiger partial charge in [0.25, 0.3) is 0 Å². The predicted octanol–water partition coefficient (Wildman–Crippen LogP) is 5.07. The molecule has 0 aliphatic carbocycles. The monoisotopic (exact) mass is 478 g/mol. The van der Waals surface area contributed by atoms with Gasteiger partial charge in [0.2, 0.25) is 11.8 Å². The fourth-order valence-corrected chi connectivity index (χ4v) is 5.87. The van der Waals surface area contributed by atoms with Gasteiger partial charge in [-0.25, -0.2) is 4.39 Å². The highest BCUT2D eigenvalue weighted by atomic mass is 79.9. The van der Waals surface area contributed by atoms with Crippen LogP contribution in [0.4, 0.5) is 10.1 Å². The summed E-state index contributed by atoms with van der Waals surface area (Å²) in [6.07, 6.45) is 0. The number of halogens is 2. The summed E-state index contributed by atoms with van der Waals surface area (Å²) in [5.41, 5.74) is 1.38. The van der Waals surface area contributed by atoms with Gasteiger partial charge in [-0.2, -0.15) is 0 Å². The van der Waals surface area contributed by atoms with Crippen molar-refractivity contribution in [1.29, 1.82) is 0 Å². The van der Waals surface area contributed by atoms with E-state index in [9.17, 15) is 9.59 Å². The molecule has 0 radical (unpaired) electrons. The van der Waals surface area contributed by atoms with Crippen LogP contribution in [0.2, 0.25) is 0 Å². The van der Waals surface area contributed by atoms with Gasteiger partial charge in [0, 0.05) is 27.6 Å². The SMILES string of the molecule is C[C@@H]1C(=O)N[C@H](c2ccccc2)[C@]2(C(=O)Nc3ccccc32)[C@@H]1c1c(F)cccc1Br. The van der Waals surface area contributed by atoms with E-state index in [0.717, 1.165) is 11.1 Å². The van der Waals surface area contributed by atoms with E-state index in [-0.39, 0.29) is 11.8 Å². The van der Waals surface area contributed by atoms with Crippen molar-refractivity contribution in [2.45, 2.75) is 24.3 Å². The molecular weight excluding hydrogens is 459 g/mol. The molecule has 1 spiro atoms. The van der Waals surface area contributed by atoms with Crippen LogP contribution in [0.15, 0.2) is 77.3 Å². The molecule has 2 heterocycles. The van der Waals surface area contributed by atoms with E-state index in [1.54, 1.807) is 19.1 Å². The first-order chi connectivity index (χ1) is 15.0. The van der Waals surface area contributed by atoms with Crippen molar-refractivity contribution in [3.63, 3.8) is 0 Å². The molecule has 2 amide bonds. The number of hydrogen-bond donors (Lipinski definition) is 2. The van der Waals surface area contributed by atoms with E-state index >= 15 is 4.39 Å². The van der Waals surface area contributed by atoms with Gasteiger partial charge in [-0.15, -0.1) is 0 Å². The number of rotatable bonds is 2. The molecule has 2 aliphatic rings. The molecule has 3 aromatic rings. The van der Waals surface area contributed by atoms with Crippen molar-refractivity contribution in [2.24, 2.45) is 5.92 Å². The Kier molecular flexibility index (Phi) is 4.70. The second-order valence-electron chi connectivity index (χ2n) is 8.12. The molecule has 2 N–H and O–H groups in total. The van der Waals surface area contributed by atoms with E-state index in [4.69, 9.17) is 0 Å². The van der Waals surface area contributed by atoms with E-state index in [2.05, 4.69) is 26.6 Å². The Morgan fingerprint density at radius 1 is 0.935 bits per heavy atom. The molecular formula is C25H20BrFN2O2. The number of anilines is 1. The molecule has 156 valence electrons. The Morgan fingerprint density at radius 3 is 2.39 bits per heavy atom. The molecule has 2 aliphatic heterocycles. The third kappa shape index (κ3) is 2.78. The number of amides is 2. The molecule has 1 fully saturated rings. The lowest BCUT2D eigenvalue weighted by atomic mass is 9.56. The highest BCUT2D eigenvalue weighted by molar-refractivity contribution is 9.10. The fraction of sp³-hybridized carbons (Fsp3) is 0.200. The number of hydrogen-bond acceptors (Lipinski definition) is 2. The lowest BCUT2D eigenvalue weighted by Crippen LogP contribution is -2.60. The van der Waals surface area contributed by atoms with Gasteiger partial charge >= 0.3 is 0 Å². The van der Waals surface area contributed by atoms with E-state index in [1.807, 2.05) is 54.6 Å². The fourth-order valence-electron chi connectivity index (χ4n) is 5.29. The molecule has 4 atom stereocenters. The second-order valence-corrected chi connectivity index (χ2v) is 8.98. The molecule has 1 saturated heterocycles. The maximum Gasteiger partial charge on any atom is 0.238 e. The van der Waals surface area contributed by atoms with Gasteiger partial charge in [-0.3, -0.25) is 9.59 Å². The van der Waals surface area contributed by atoms with Crippen molar-refractivity contribution in [3.8, 4) is 0 Å². The maximum atomic E-state index is 15.3. The second kappa shape index (κ2) is 7.31. The first kappa shape index (κ1) is 19.9. The summed E-state index contributed by atoms with van der Waals surface area (Å²) in [4.78, 5) is 27.0. The molecule has 3 aromatic carbocycles. The molecule has 0 bridgehead atoms. The predicted molar refractivity (Wildman–Crippen MR) is 120 cm³/mol. The summed E-state index contributed by atoms with van der Waals surface area (Å²) in [6, 6.07) is 21.0. The number of carbonyl (C=O) groups excluding carboxylic acids is 2. The molecule has 0 aromatic heterocycles. The summed E-state index contributed by atoms with van der Waals surface area (Å²) in [6.45, 7) is 1.76. The van der Waals surface area contributed by atoms with Gasteiger partial charge in [-0.1, -0.05) is 77.5 Å². The van der Waals surface area contributed by atoms with Crippen LogP contribution in [0.3, 0.4) is 0 Å². The zero-order valence-corrected chi connectivity index (χ0v) is 18.3. The molecule has 5 rings (SSSR count). The summed E-state index contributed by atoms with van der Waals surface area (Å²) >= 11 is 3.49. The Morgan fingerprint density at radius 2 is 1.65 bits per heavy atom. The first-order valence-electron chi connectivity index (χ1n) is 10.2. The maximum absolute atomic E-state index is 15.3. The molecule has 0 saturated carbocycles. The van der Waals surface area contributed by atoms with E-state index in [0.29, 0.717) is 15.7 Å². The van der Waals surface area contributed by atoms with Gasteiger partial charge in [-0.05, 0) is 29.3 Å². The Balaban J connectivity index is 1.88. The van der Waals surface area contributed by atoms with Gasteiger partial charge < -0.3 is 10.6 Å². The topological polar surface area (TPSA) is 58.2 Å². The van der Waals surface area contributed by atoms with Crippen LogP contribution < -0.4 is 10.6 Å².